The van der Waals surface area contributed by atoms with Gasteiger partial charge in [0.05, 0.1) is 18.7 Å². The molecule has 1 aromatic carbocycles. The summed E-state index contributed by atoms with van der Waals surface area (Å²) in [4.78, 5) is 33.0. The number of piperidine rings is 1. The molecule has 0 unspecified atom stereocenters. The number of hydrogen-bond donors (Lipinski definition) is 0. The largest absolute Gasteiger partial charge is 0.445 e. The molecule has 160 valence electrons. The van der Waals surface area contributed by atoms with Crippen molar-refractivity contribution >= 4 is 11.8 Å². The van der Waals surface area contributed by atoms with Gasteiger partial charge in [-0.3, -0.25) is 9.59 Å². The lowest BCUT2D eigenvalue weighted by atomic mass is 9.98. The number of oxazole rings is 1. The van der Waals surface area contributed by atoms with Gasteiger partial charge in [-0.2, -0.15) is 0 Å². The monoisotopic (exact) mass is 413 g/mol. The van der Waals surface area contributed by atoms with Crippen LogP contribution in [0, 0.1) is 5.82 Å². The Morgan fingerprint density at radius 3 is 2.97 bits per heavy atom. The second kappa shape index (κ2) is 9.41. The highest BCUT2D eigenvalue weighted by Gasteiger charge is 2.29. The molecule has 2 fully saturated rings. The zero-order valence-electron chi connectivity index (χ0n) is 17.2. The predicted molar refractivity (Wildman–Crippen MR) is 109 cm³/mol. The Morgan fingerprint density at radius 2 is 2.10 bits per heavy atom. The van der Waals surface area contributed by atoms with Crippen LogP contribution >= 0.6 is 0 Å². The van der Waals surface area contributed by atoms with E-state index in [0.29, 0.717) is 44.1 Å². The summed E-state index contributed by atoms with van der Waals surface area (Å²) in [7, 11) is 0. The highest BCUT2D eigenvalue weighted by atomic mass is 19.1. The number of rotatable bonds is 5. The van der Waals surface area contributed by atoms with Crippen molar-refractivity contribution in [1.82, 2.24) is 14.8 Å². The van der Waals surface area contributed by atoms with Gasteiger partial charge >= 0.3 is 0 Å². The fraction of sp³-hybridized carbons (Fsp3) is 0.522. The maximum Gasteiger partial charge on any atom is 0.242 e. The number of nitrogens with zero attached hydrogens (tertiary/aromatic N) is 3. The van der Waals surface area contributed by atoms with E-state index in [9.17, 15) is 14.0 Å². The molecule has 2 aliphatic rings. The van der Waals surface area contributed by atoms with Crippen LogP contribution in [0.5, 0.6) is 0 Å². The van der Waals surface area contributed by atoms with Crippen molar-refractivity contribution in [3.8, 4) is 0 Å². The smallest absolute Gasteiger partial charge is 0.242 e. The molecule has 0 N–H and O–H groups in total. The minimum atomic E-state index is -0.267. The molecule has 1 atom stereocenters. The second-order valence-corrected chi connectivity index (χ2v) is 8.28. The van der Waals surface area contributed by atoms with Gasteiger partial charge in [0.25, 0.3) is 0 Å². The molecule has 0 radical (unpaired) electrons. The number of amides is 2. The minimum absolute atomic E-state index is 0.00138. The summed E-state index contributed by atoms with van der Waals surface area (Å²) in [5.74, 6) is 1.19. The number of hydrogen-bond acceptors (Lipinski definition) is 4. The van der Waals surface area contributed by atoms with Crippen LogP contribution in [0.25, 0.3) is 0 Å². The molecule has 7 heteroatoms. The van der Waals surface area contributed by atoms with Crippen molar-refractivity contribution < 1.29 is 18.4 Å². The first-order valence-corrected chi connectivity index (χ1v) is 10.8. The fourth-order valence-corrected chi connectivity index (χ4v) is 4.32. The van der Waals surface area contributed by atoms with E-state index in [1.807, 2.05) is 11.0 Å². The molecular formula is C23H28FN3O3. The van der Waals surface area contributed by atoms with E-state index in [2.05, 4.69) is 4.98 Å². The van der Waals surface area contributed by atoms with Gasteiger partial charge in [0.2, 0.25) is 11.8 Å². The lowest BCUT2D eigenvalue weighted by molar-refractivity contribution is -0.141. The van der Waals surface area contributed by atoms with E-state index in [-0.39, 0.29) is 30.1 Å². The van der Waals surface area contributed by atoms with Gasteiger partial charge in [-0.25, -0.2) is 9.37 Å². The van der Waals surface area contributed by atoms with Crippen molar-refractivity contribution in [2.75, 3.05) is 26.2 Å². The first kappa shape index (κ1) is 20.6. The number of benzene rings is 1. The lowest BCUT2D eigenvalue weighted by Gasteiger charge is -2.33. The van der Waals surface area contributed by atoms with E-state index in [1.165, 1.54) is 12.1 Å². The quantitative estimate of drug-likeness (QED) is 0.752. The molecule has 3 heterocycles. The zero-order chi connectivity index (χ0) is 20.9. The van der Waals surface area contributed by atoms with Crippen LogP contribution in [0.15, 0.2) is 34.9 Å². The molecule has 30 heavy (non-hydrogen) atoms. The van der Waals surface area contributed by atoms with Crippen LogP contribution in [0.2, 0.25) is 0 Å². The summed E-state index contributed by atoms with van der Waals surface area (Å²) in [5, 5.41) is 0. The lowest BCUT2D eigenvalue weighted by Crippen LogP contribution is -2.46. The first-order chi connectivity index (χ1) is 14.6. The summed E-state index contributed by atoms with van der Waals surface area (Å²) >= 11 is 0. The van der Waals surface area contributed by atoms with Gasteiger partial charge in [-0.05, 0) is 43.4 Å². The molecule has 2 aromatic rings. The molecule has 4 rings (SSSR count). The average molecular weight is 413 g/mol. The highest BCUT2D eigenvalue weighted by molar-refractivity contribution is 5.85. The third-order valence-corrected chi connectivity index (χ3v) is 5.96. The van der Waals surface area contributed by atoms with Gasteiger partial charge in [0.15, 0.2) is 5.89 Å². The van der Waals surface area contributed by atoms with Crippen LogP contribution in [-0.4, -0.2) is 52.8 Å². The minimum Gasteiger partial charge on any atom is -0.445 e. The first-order valence-electron chi connectivity index (χ1n) is 10.8. The van der Waals surface area contributed by atoms with Gasteiger partial charge in [0.1, 0.15) is 11.6 Å². The average Bonchev–Trinajstić information content (AvgIpc) is 3.11. The molecule has 0 saturated carbocycles. The van der Waals surface area contributed by atoms with Crippen LogP contribution < -0.4 is 0 Å². The van der Waals surface area contributed by atoms with E-state index < -0.39 is 0 Å². The summed E-state index contributed by atoms with van der Waals surface area (Å²) in [5.41, 5.74) is 0.834. The third-order valence-electron chi connectivity index (χ3n) is 5.96. The van der Waals surface area contributed by atoms with E-state index in [4.69, 9.17) is 4.42 Å². The van der Waals surface area contributed by atoms with Gasteiger partial charge in [-0.1, -0.05) is 18.6 Å². The van der Waals surface area contributed by atoms with Crippen molar-refractivity contribution in [3.63, 3.8) is 0 Å². The van der Waals surface area contributed by atoms with Crippen LogP contribution in [0.1, 0.15) is 61.7 Å². The normalized spacial score (nSPS) is 20.3. The molecular weight excluding hydrogens is 385 g/mol. The number of halogens is 1. The number of carbonyl (C=O) groups excluding carboxylic acids is 2. The standard InChI is InChI=1S/C23H28FN3O3/c24-19-8-4-6-17(12-19)13-20-14-25-23(30-20)18-7-5-11-26(15-18)22(29)16-27-10-3-1-2-9-21(27)28/h4,6,8,12,14,18H,1-3,5,7,9-11,13,15-16H2/t18-/m0/s1. The zero-order valence-corrected chi connectivity index (χ0v) is 17.2. The number of likely N-dealkylation sites (tertiary alicyclic amines) is 2. The third kappa shape index (κ3) is 5.07. The van der Waals surface area contributed by atoms with Crippen molar-refractivity contribution in [2.45, 2.75) is 50.9 Å². The van der Waals surface area contributed by atoms with Crippen molar-refractivity contribution in [1.29, 1.82) is 0 Å². The summed E-state index contributed by atoms with van der Waals surface area (Å²) < 4.78 is 19.3. The van der Waals surface area contributed by atoms with E-state index >= 15 is 0 Å². The molecule has 0 bridgehead atoms. The van der Waals surface area contributed by atoms with Crippen LogP contribution in [0.3, 0.4) is 0 Å². The molecule has 2 aliphatic heterocycles. The van der Waals surface area contributed by atoms with E-state index in [1.54, 1.807) is 17.2 Å². The Labute approximate surface area is 176 Å². The predicted octanol–water partition coefficient (Wildman–Crippen LogP) is 3.51. The molecule has 6 nitrogen and oxygen atoms in total. The van der Waals surface area contributed by atoms with Crippen LogP contribution in [-0.2, 0) is 16.0 Å². The number of aromatic nitrogens is 1. The van der Waals surface area contributed by atoms with E-state index in [0.717, 1.165) is 37.7 Å². The Morgan fingerprint density at radius 1 is 1.20 bits per heavy atom. The molecule has 0 spiro atoms. The Balaban J connectivity index is 1.36. The topological polar surface area (TPSA) is 66.7 Å². The summed E-state index contributed by atoms with van der Waals surface area (Å²) in [6.45, 7) is 2.10. The maximum absolute atomic E-state index is 13.4. The highest BCUT2D eigenvalue weighted by Crippen LogP contribution is 2.27. The molecule has 0 aliphatic carbocycles. The van der Waals surface area contributed by atoms with Gasteiger partial charge < -0.3 is 14.2 Å². The molecule has 2 amide bonds. The number of carbonyl (C=O) groups is 2. The van der Waals surface area contributed by atoms with Gasteiger partial charge in [-0.15, -0.1) is 0 Å². The van der Waals surface area contributed by atoms with Crippen LogP contribution in [0.4, 0.5) is 4.39 Å². The maximum atomic E-state index is 13.4. The van der Waals surface area contributed by atoms with Crippen molar-refractivity contribution in [2.24, 2.45) is 0 Å². The molecule has 2 saturated heterocycles. The summed E-state index contributed by atoms with van der Waals surface area (Å²) in [6.07, 6.45) is 7.43. The fourth-order valence-electron chi connectivity index (χ4n) is 4.32. The summed E-state index contributed by atoms with van der Waals surface area (Å²) in [6, 6.07) is 6.45. The Kier molecular flexibility index (Phi) is 6.45. The van der Waals surface area contributed by atoms with Crippen molar-refractivity contribution in [3.05, 3.63) is 53.5 Å². The molecule has 1 aromatic heterocycles. The second-order valence-electron chi connectivity index (χ2n) is 8.28. The van der Waals surface area contributed by atoms with Gasteiger partial charge in [0, 0.05) is 32.5 Å². The SMILES string of the molecule is O=C1CCCCCN1CC(=O)N1CCC[C@H](c2ncc(Cc3cccc(F)c3)o2)C1. The Hall–Kier alpha value is -2.70. The Bertz CT molecular complexity index is 897.